The number of benzene rings is 2. The highest BCUT2D eigenvalue weighted by molar-refractivity contribution is 7.18. The van der Waals surface area contributed by atoms with Crippen LogP contribution in [0.15, 0.2) is 48.5 Å². The fourth-order valence-electron chi connectivity index (χ4n) is 4.58. The van der Waals surface area contributed by atoms with Crippen LogP contribution in [0.3, 0.4) is 0 Å². The Hall–Kier alpha value is -4.40. The second kappa shape index (κ2) is 12.4. The maximum Gasteiger partial charge on any atom is 0.349 e. The molecule has 202 valence electrons. The fourth-order valence-corrected chi connectivity index (χ4v) is 5.66. The smallest absolute Gasteiger partial charge is 0.349 e. The van der Waals surface area contributed by atoms with E-state index in [1.54, 1.807) is 31.2 Å². The van der Waals surface area contributed by atoms with Gasteiger partial charge in [-0.15, -0.1) is 11.3 Å². The van der Waals surface area contributed by atoms with Crippen molar-refractivity contribution < 1.29 is 29.3 Å². The molecule has 0 spiro atoms. The van der Waals surface area contributed by atoms with Gasteiger partial charge in [-0.25, -0.2) is 9.59 Å². The molecular weight excluding hydrogens is 520 g/mol. The molecule has 1 unspecified atom stereocenters. The molecule has 4 rings (SSSR count). The minimum Gasteiger partial charge on any atom is -0.480 e. The lowest BCUT2D eigenvalue weighted by Gasteiger charge is -2.31. The number of carboxylic acids is 2. The summed E-state index contributed by atoms with van der Waals surface area (Å²) < 4.78 is 5.31. The number of carboxylic acid groups (broad SMARTS) is 2. The Morgan fingerprint density at radius 2 is 1.85 bits per heavy atom. The molecule has 0 saturated carbocycles. The Kier molecular flexibility index (Phi) is 8.81. The Morgan fingerprint density at radius 3 is 2.49 bits per heavy atom. The van der Waals surface area contributed by atoms with Gasteiger partial charge in [0, 0.05) is 21.8 Å². The van der Waals surface area contributed by atoms with Crippen molar-refractivity contribution in [3.05, 3.63) is 64.5 Å². The average molecular weight is 549 g/mol. The first-order chi connectivity index (χ1) is 18.8. The largest absolute Gasteiger partial charge is 0.480 e. The fraction of sp³-hybridized carbons (Fsp3) is 0.286. The zero-order valence-electron chi connectivity index (χ0n) is 21.2. The van der Waals surface area contributed by atoms with Crippen molar-refractivity contribution in [1.82, 2.24) is 5.32 Å². The summed E-state index contributed by atoms with van der Waals surface area (Å²) in [7, 11) is 0. The molecule has 1 atom stereocenters. The van der Waals surface area contributed by atoms with E-state index < -0.39 is 24.6 Å². The molecule has 1 aromatic heterocycles. The Bertz CT molecular complexity index is 1410. The lowest BCUT2D eigenvalue weighted by atomic mass is 9.89. The van der Waals surface area contributed by atoms with Crippen LogP contribution in [0, 0.1) is 24.2 Å². The van der Waals surface area contributed by atoms with Crippen LogP contribution in [0.1, 0.15) is 33.6 Å². The number of hydrogen-bond donors (Lipinski definition) is 5. The molecule has 1 aliphatic rings. The molecule has 3 aromatic rings. The van der Waals surface area contributed by atoms with E-state index >= 15 is 0 Å². The van der Waals surface area contributed by atoms with E-state index in [4.69, 9.17) is 15.1 Å². The number of ether oxygens (including phenoxy) is 1. The highest BCUT2D eigenvalue weighted by atomic mass is 32.1. The molecule has 39 heavy (non-hydrogen) atoms. The third kappa shape index (κ3) is 6.73. The number of amides is 1. The predicted octanol–water partition coefficient (Wildman–Crippen LogP) is 4.18. The number of rotatable bonds is 10. The van der Waals surface area contributed by atoms with Crippen LogP contribution >= 0.6 is 11.3 Å². The van der Waals surface area contributed by atoms with Gasteiger partial charge < -0.3 is 30.9 Å². The van der Waals surface area contributed by atoms with Crippen LogP contribution in [0.5, 0.6) is 5.75 Å². The van der Waals surface area contributed by atoms with Gasteiger partial charge in [0.2, 0.25) is 5.91 Å². The van der Waals surface area contributed by atoms with E-state index in [0.717, 1.165) is 37.3 Å². The highest BCUT2D eigenvalue weighted by Crippen LogP contribution is 2.42. The molecule has 1 saturated heterocycles. The first-order valence-electron chi connectivity index (χ1n) is 12.4. The monoisotopic (exact) mass is 548 g/mol. The molecule has 2 aromatic carbocycles. The third-order valence-corrected chi connectivity index (χ3v) is 7.80. The van der Waals surface area contributed by atoms with Gasteiger partial charge in [0.15, 0.2) is 11.5 Å². The maximum atomic E-state index is 13.4. The van der Waals surface area contributed by atoms with Crippen molar-refractivity contribution in [2.24, 2.45) is 5.92 Å². The number of aromatic carboxylic acids is 1. The maximum absolute atomic E-state index is 13.4. The van der Waals surface area contributed by atoms with Gasteiger partial charge in [-0.3, -0.25) is 4.79 Å². The first kappa shape index (κ1) is 27.6. The number of hydrogen-bond acceptors (Lipinski definition) is 8. The number of aliphatic carboxylic acids is 1. The number of piperidine rings is 1. The van der Waals surface area contributed by atoms with E-state index in [-0.39, 0.29) is 22.5 Å². The van der Waals surface area contributed by atoms with Crippen LogP contribution in [-0.4, -0.2) is 53.8 Å². The molecule has 10 nitrogen and oxygen atoms in total. The number of carbonyl (C=O) groups excluding carboxylic acids is 1. The average Bonchev–Trinajstić information content (AvgIpc) is 3.27. The predicted molar refractivity (Wildman–Crippen MR) is 147 cm³/mol. The normalized spacial score (nSPS) is 14.2. The van der Waals surface area contributed by atoms with Gasteiger partial charge >= 0.3 is 11.9 Å². The summed E-state index contributed by atoms with van der Waals surface area (Å²) in [5.41, 5.74) is 3.03. The van der Waals surface area contributed by atoms with Crippen molar-refractivity contribution in [2.75, 3.05) is 30.3 Å². The number of nitrogens with zero attached hydrogens (tertiary/aromatic N) is 1. The molecule has 5 N–H and O–H groups in total. The van der Waals surface area contributed by atoms with E-state index in [0.29, 0.717) is 32.9 Å². The summed E-state index contributed by atoms with van der Waals surface area (Å²) in [6.07, 6.45) is 1.63. The number of nitrogens with one attached hydrogen (secondary N) is 3. The lowest BCUT2D eigenvalue weighted by molar-refractivity contribution is -0.139. The highest BCUT2D eigenvalue weighted by Gasteiger charge is 2.30. The van der Waals surface area contributed by atoms with Gasteiger partial charge in [0.25, 0.3) is 0 Å². The molecule has 0 radical (unpaired) electrons. The summed E-state index contributed by atoms with van der Waals surface area (Å²) >= 11 is 1.01. The van der Waals surface area contributed by atoms with Crippen molar-refractivity contribution in [2.45, 2.75) is 25.8 Å². The van der Waals surface area contributed by atoms with E-state index in [1.807, 2.05) is 24.3 Å². The summed E-state index contributed by atoms with van der Waals surface area (Å²) in [5.74, 6) is -2.48. The number of thiophene rings is 1. The number of carbonyl (C=O) groups is 3. The van der Waals surface area contributed by atoms with Crippen molar-refractivity contribution in [1.29, 1.82) is 5.26 Å². The van der Waals surface area contributed by atoms with Gasteiger partial charge in [-0.1, -0.05) is 12.1 Å². The Labute approximate surface area is 229 Å². The van der Waals surface area contributed by atoms with Crippen molar-refractivity contribution in [3.8, 4) is 22.3 Å². The van der Waals surface area contributed by atoms with Gasteiger partial charge in [-0.2, -0.15) is 5.26 Å². The Morgan fingerprint density at radius 1 is 1.13 bits per heavy atom. The zero-order chi connectivity index (χ0) is 27.9. The molecule has 11 heteroatoms. The molecule has 0 bridgehead atoms. The lowest BCUT2D eigenvalue weighted by Crippen LogP contribution is -2.45. The van der Waals surface area contributed by atoms with Gasteiger partial charge in [0.1, 0.15) is 11.8 Å². The quantitative estimate of drug-likeness (QED) is 0.250. The molecule has 0 aliphatic carbocycles. The van der Waals surface area contributed by atoms with Crippen molar-refractivity contribution in [3.63, 3.8) is 0 Å². The molecule has 1 fully saturated rings. The van der Waals surface area contributed by atoms with Crippen LogP contribution in [-0.2, 0) is 9.59 Å². The van der Waals surface area contributed by atoms with Gasteiger partial charge in [-0.05, 0) is 80.7 Å². The van der Waals surface area contributed by atoms with Crippen LogP contribution in [0.2, 0.25) is 0 Å². The summed E-state index contributed by atoms with van der Waals surface area (Å²) in [5, 5.41) is 37.3. The summed E-state index contributed by atoms with van der Waals surface area (Å²) in [6, 6.07) is 15.5. The van der Waals surface area contributed by atoms with E-state index in [2.05, 4.69) is 22.0 Å². The number of nitriles is 1. The van der Waals surface area contributed by atoms with Crippen LogP contribution < -0.4 is 20.7 Å². The molecule has 1 amide bonds. The zero-order valence-corrected chi connectivity index (χ0v) is 22.0. The Balaban J connectivity index is 1.61. The minimum atomic E-state index is -1.20. The summed E-state index contributed by atoms with van der Waals surface area (Å²) in [4.78, 5) is 36.8. The topological polar surface area (TPSA) is 161 Å². The van der Waals surface area contributed by atoms with Gasteiger partial charge in [0.05, 0.1) is 11.6 Å². The van der Waals surface area contributed by atoms with E-state index in [9.17, 15) is 19.5 Å². The minimum absolute atomic E-state index is 0.0395. The third-order valence-electron chi connectivity index (χ3n) is 6.49. The first-order valence-corrected chi connectivity index (χ1v) is 13.2. The second-order valence-corrected chi connectivity index (χ2v) is 10.2. The van der Waals surface area contributed by atoms with Crippen LogP contribution in [0.25, 0.3) is 10.4 Å². The standard InChI is InChI=1S/C28H28N4O6S/c1-16-24(38-15-22(33)34)26(28(36)37)39-25(16)19-3-2-4-21(13-19)31-23(18-9-11-30-12-10-18)27(35)32-20-7-5-17(14-29)6-8-20/h2-8,13,18,23,30-31H,9-12,15H2,1H3,(H,32,35)(H,33,34)(H,36,37). The van der Waals surface area contributed by atoms with Crippen LogP contribution in [0.4, 0.5) is 11.4 Å². The number of anilines is 2. The van der Waals surface area contributed by atoms with Crippen molar-refractivity contribution >= 4 is 40.6 Å². The molecule has 1 aliphatic heterocycles. The molecule has 2 heterocycles. The second-order valence-electron chi connectivity index (χ2n) is 9.17. The van der Waals surface area contributed by atoms with E-state index in [1.165, 1.54) is 0 Å². The SMILES string of the molecule is Cc1c(-c2cccc(NC(C(=O)Nc3ccc(C#N)cc3)C3CCNCC3)c2)sc(C(=O)O)c1OCC(=O)O. The summed E-state index contributed by atoms with van der Waals surface area (Å²) in [6.45, 7) is 2.65. The molecular formula is C28H28N4O6S.